The molecule has 1 aromatic rings. The molecule has 1 aromatic carbocycles. The summed E-state index contributed by atoms with van der Waals surface area (Å²) in [7, 11) is -3.33. The second kappa shape index (κ2) is 6.37. The first kappa shape index (κ1) is 16.1. The fourth-order valence-corrected chi connectivity index (χ4v) is 4.14. The molecule has 1 amide bonds. The van der Waals surface area contributed by atoms with Gasteiger partial charge in [-0.3, -0.25) is 4.79 Å². The van der Waals surface area contributed by atoms with E-state index in [0.29, 0.717) is 43.4 Å². The van der Waals surface area contributed by atoms with Gasteiger partial charge in [0.15, 0.2) is 11.5 Å². The van der Waals surface area contributed by atoms with E-state index in [4.69, 9.17) is 9.47 Å². The number of anilines is 1. The predicted octanol–water partition coefficient (Wildman–Crippen LogP) is 0.892. The van der Waals surface area contributed by atoms with Crippen molar-refractivity contribution in [3.05, 3.63) is 18.2 Å². The molecule has 1 atom stereocenters. The molecule has 2 aliphatic rings. The lowest BCUT2D eigenvalue weighted by Gasteiger charge is -2.22. The standard InChI is InChI=1S/C15H20N2O5S/c1-2-7-23(19,20)16-11-8-15(18)17(10-11)12-3-4-13-14(9-12)22-6-5-21-13/h3-4,9,11,16H,2,5-8,10H2,1H3. The molecule has 1 N–H and O–H groups in total. The number of hydrogen-bond donors (Lipinski definition) is 1. The molecule has 8 heteroatoms. The maximum atomic E-state index is 12.2. The second-order valence-corrected chi connectivity index (χ2v) is 7.54. The van der Waals surface area contributed by atoms with Crippen LogP contribution in [0.25, 0.3) is 0 Å². The molecule has 1 unspecified atom stereocenters. The minimum absolute atomic E-state index is 0.0711. The highest BCUT2D eigenvalue weighted by molar-refractivity contribution is 7.89. The predicted molar refractivity (Wildman–Crippen MR) is 85.4 cm³/mol. The third kappa shape index (κ3) is 3.59. The van der Waals surface area contributed by atoms with Crippen LogP contribution in [-0.4, -0.2) is 45.9 Å². The number of hydrogen-bond acceptors (Lipinski definition) is 5. The number of benzene rings is 1. The lowest BCUT2D eigenvalue weighted by atomic mass is 10.2. The van der Waals surface area contributed by atoms with E-state index < -0.39 is 16.1 Å². The Morgan fingerprint density at radius 2 is 2.00 bits per heavy atom. The normalized spacial score (nSPS) is 20.8. The molecule has 1 saturated heterocycles. The maximum Gasteiger partial charge on any atom is 0.228 e. The van der Waals surface area contributed by atoms with Crippen LogP contribution in [0.2, 0.25) is 0 Å². The summed E-state index contributed by atoms with van der Waals surface area (Å²) in [5.74, 6) is 1.23. The van der Waals surface area contributed by atoms with Crippen molar-refractivity contribution in [3.8, 4) is 11.5 Å². The minimum atomic E-state index is -3.33. The molecular formula is C15H20N2O5S. The van der Waals surface area contributed by atoms with Gasteiger partial charge < -0.3 is 14.4 Å². The third-order valence-electron chi connectivity index (χ3n) is 3.78. The van der Waals surface area contributed by atoms with Gasteiger partial charge >= 0.3 is 0 Å². The number of sulfonamides is 1. The molecule has 0 aliphatic carbocycles. The first-order valence-electron chi connectivity index (χ1n) is 7.68. The second-order valence-electron chi connectivity index (χ2n) is 5.67. The number of ether oxygens (including phenoxy) is 2. The topological polar surface area (TPSA) is 84.9 Å². The Morgan fingerprint density at radius 3 is 2.74 bits per heavy atom. The van der Waals surface area contributed by atoms with Gasteiger partial charge in [0.25, 0.3) is 0 Å². The molecule has 0 saturated carbocycles. The van der Waals surface area contributed by atoms with E-state index in [9.17, 15) is 13.2 Å². The molecule has 0 aromatic heterocycles. The van der Waals surface area contributed by atoms with Crippen LogP contribution in [0.3, 0.4) is 0 Å². The zero-order valence-corrected chi connectivity index (χ0v) is 13.8. The zero-order valence-electron chi connectivity index (χ0n) is 12.9. The molecule has 7 nitrogen and oxygen atoms in total. The highest BCUT2D eigenvalue weighted by atomic mass is 32.2. The van der Waals surface area contributed by atoms with Crippen LogP contribution in [0, 0.1) is 0 Å². The number of rotatable bonds is 5. The third-order valence-corrected chi connectivity index (χ3v) is 5.42. The van der Waals surface area contributed by atoms with Gasteiger partial charge in [-0.05, 0) is 18.6 Å². The maximum absolute atomic E-state index is 12.2. The van der Waals surface area contributed by atoms with Crippen molar-refractivity contribution in [1.82, 2.24) is 4.72 Å². The van der Waals surface area contributed by atoms with E-state index in [1.807, 2.05) is 0 Å². The van der Waals surface area contributed by atoms with Crippen molar-refractivity contribution in [2.24, 2.45) is 0 Å². The van der Waals surface area contributed by atoms with Gasteiger partial charge in [0.05, 0.1) is 5.75 Å². The lowest BCUT2D eigenvalue weighted by molar-refractivity contribution is -0.117. The van der Waals surface area contributed by atoms with Crippen molar-refractivity contribution in [3.63, 3.8) is 0 Å². The molecule has 126 valence electrons. The van der Waals surface area contributed by atoms with Crippen LogP contribution in [0.4, 0.5) is 5.69 Å². The molecule has 2 aliphatic heterocycles. The molecule has 0 bridgehead atoms. The Bertz CT molecular complexity index is 704. The largest absolute Gasteiger partial charge is 0.486 e. The van der Waals surface area contributed by atoms with E-state index in [1.54, 1.807) is 30.0 Å². The van der Waals surface area contributed by atoms with E-state index >= 15 is 0 Å². The van der Waals surface area contributed by atoms with Crippen LogP contribution < -0.4 is 19.1 Å². The van der Waals surface area contributed by atoms with Crippen molar-refractivity contribution < 1.29 is 22.7 Å². The highest BCUT2D eigenvalue weighted by Gasteiger charge is 2.33. The minimum Gasteiger partial charge on any atom is -0.486 e. The summed E-state index contributed by atoms with van der Waals surface area (Å²) in [5.41, 5.74) is 0.691. The van der Waals surface area contributed by atoms with E-state index in [0.717, 1.165) is 0 Å². The van der Waals surface area contributed by atoms with Crippen LogP contribution in [0.1, 0.15) is 19.8 Å². The summed E-state index contributed by atoms with van der Waals surface area (Å²) in [6.45, 7) is 3.11. The summed E-state index contributed by atoms with van der Waals surface area (Å²) in [5, 5.41) is 0. The van der Waals surface area contributed by atoms with Crippen molar-refractivity contribution in [1.29, 1.82) is 0 Å². The first-order chi connectivity index (χ1) is 11.0. The summed E-state index contributed by atoms with van der Waals surface area (Å²) in [4.78, 5) is 13.8. The Labute approximate surface area is 135 Å². The van der Waals surface area contributed by atoms with Crippen LogP contribution in [0.15, 0.2) is 18.2 Å². The zero-order chi connectivity index (χ0) is 16.4. The Morgan fingerprint density at radius 1 is 1.26 bits per heavy atom. The van der Waals surface area contributed by atoms with Gasteiger partial charge in [-0.25, -0.2) is 13.1 Å². The van der Waals surface area contributed by atoms with E-state index in [-0.39, 0.29) is 18.1 Å². The molecule has 1 fully saturated rings. The Kier molecular flexibility index (Phi) is 4.45. The lowest BCUT2D eigenvalue weighted by Crippen LogP contribution is -2.38. The highest BCUT2D eigenvalue weighted by Crippen LogP contribution is 2.35. The number of carbonyl (C=O) groups is 1. The van der Waals surface area contributed by atoms with Gasteiger partial charge in [-0.15, -0.1) is 0 Å². The number of carbonyl (C=O) groups excluding carboxylic acids is 1. The molecule has 0 spiro atoms. The number of fused-ring (bicyclic) bond motifs is 1. The Hall–Kier alpha value is -1.80. The summed E-state index contributed by atoms with van der Waals surface area (Å²) in [6, 6.07) is 4.92. The van der Waals surface area contributed by atoms with Crippen LogP contribution in [-0.2, 0) is 14.8 Å². The van der Waals surface area contributed by atoms with Gasteiger partial charge in [-0.2, -0.15) is 0 Å². The first-order valence-corrected chi connectivity index (χ1v) is 9.34. The number of nitrogens with one attached hydrogen (secondary N) is 1. The van der Waals surface area contributed by atoms with Gasteiger partial charge in [0, 0.05) is 30.8 Å². The van der Waals surface area contributed by atoms with Gasteiger partial charge in [0.2, 0.25) is 15.9 Å². The van der Waals surface area contributed by atoms with Crippen LogP contribution in [0.5, 0.6) is 11.5 Å². The van der Waals surface area contributed by atoms with Crippen LogP contribution >= 0.6 is 0 Å². The number of amides is 1. The monoisotopic (exact) mass is 340 g/mol. The Balaban J connectivity index is 1.73. The van der Waals surface area contributed by atoms with Crippen molar-refractivity contribution in [2.75, 3.05) is 30.4 Å². The average molecular weight is 340 g/mol. The fourth-order valence-electron chi connectivity index (χ4n) is 2.82. The van der Waals surface area contributed by atoms with Crippen molar-refractivity contribution >= 4 is 21.6 Å². The molecule has 2 heterocycles. The molecular weight excluding hydrogens is 320 g/mol. The van der Waals surface area contributed by atoms with Gasteiger partial charge in [0.1, 0.15) is 13.2 Å². The quantitative estimate of drug-likeness (QED) is 0.860. The van der Waals surface area contributed by atoms with E-state index in [1.165, 1.54) is 0 Å². The van der Waals surface area contributed by atoms with Crippen molar-refractivity contribution in [2.45, 2.75) is 25.8 Å². The average Bonchev–Trinajstić information content (AvgIpc) is 2.86. The van der Waals surface area contributed by atoms with Gasteiger partial charge in [-0.1, -0.05) is 6.92 Å². The fraction of sp³-hybridized carbons (Fsp3) is 0.533. The summed E-state index contributed by atoms with van der Waals surface area (Å²) >= 11 is 0. The molecule has 3 rings (SSSR count). The smallest absolute Gasteiger partial charge is 0.228 e. The number of nitrogens with zero attached hydrogens (tertiary/aromatic N) is 1. The molecule has 0 radical (unpaired) electrons. The summed E-state index contributed by atoms with van der Waals surface area (Å²) in [6.07, 6.45) is 0.708. The molecule has 23 heavy (non-hydrogen) atoms. The van der Waals surface area contributed by atoms with E-state index in [2.05, 4.69) is 4.72 Å². The SMILES string of the molecule is CCCS(=O)(=O)NC1CC(=O)N(c2ccc3c(c2)OCCO3)C1. The summed E-state index contributed by atoms with van der Waals surface area (Å²) < 4.78 is 37.3.